The molecule has 4 aromatic rings. The number of fused-ring (bicyclic) bond motifs is 1. The van der Waals surface area contributed by atoms with Crippen LogP contribution in [-0.4, -0.2) is 19.8 Å². The second kappa shape index (κ2) is 6.49. The average molecular weight is 354 g/mol. The first-order valence-electron chi connectivity index (χ1n) is 7.66. The Morgan fingerprint density at radius 3 is 2.64 bits per heavy atom. The van der Waals surface area contributed by atoms with Crippen LogP contribution < -0.4 is 5.32 Å². The number of halogens is 2. The molecule has 0 bridgehead atoms. The molecule has 0 fully saturated rings. The quantitative estimate of drug-likeness (QED) is 0.596. The second-order valence-electron chi connectivity index (χ2n) is 5.54. The molecule has 25 heavy (non-hydrogen) atoms. The Kier molecular flexibility index (Phi) is 4.03. The molecule has 0 radical (unpaired) electrons. The molecule has 124 valence electrons. The van der Waals surface area contributed by atoms with Gasteiger partial charge in [0.2, 0.25) is 0 Å². The van der Waals surface area contributed by atoms with E-state index in [-0.39, 0.29) is 5.82 Å². The molecule has 0 saturated heterocycles. The molecule has 2 aromatic carbocycles. The van der Waals surface area contributed by atoms with Crippen molar-refractivity contribution in [2.75, 3.05) is 5.32 Å². The first-order chi connectivity index (χ1) is 12.2. The fraction of sp³-hybridized carbons (Fsp3) is 0.0556. The zero-order chi connectivity index (χ0) is 17.2. The Balaban J connectivity index is 1.64. The molecule has 0 aliphatic rings. The van der Waals surface area contributed by atoms with E-state index in [2.05, 4.69) is 20.6 Å². The Bertz CT molecular complexity index is 1030. The second-order valence-corrected chi connectivity index (χ2v) is 5.98. The van der Waals surface area contributed by atoms with Crippen LogP contribution in [0.3, 0.4) is 0 Å². The first kappa shape index (κ1) is 15.5. The van der Waals surface area contributed by atoms with Crippen LogP contribution in [0.5, 0.6) is 0 Å². The molecule has 0 amide bonds. The maximum Gasteiger partial charge on any atom is 0.178 e. The summed E-state index contributed by atoms with van der Waals surface area (Å²) in [5.74, 6) is 1.06. The van der Waals surface area contributed by atoms with Crippen LogP contribution in [0.25, 0.3) is 5.65 Å². The van der Waals surface area contributed by atoms with Gasteiger partial charge in [-0.1, -0.05) is 29.8 Å². The fourth-order valence-corrected chi connectivity index (χ4v) is 2.70. The normalized spacial score (nSPS) is 11.0. The number of hydrogen-bond donors (Lipinski definition) is 1. The zero-order valence-electron chi connectivity index (χ0n) is 13.0. The minimum absolute atomic E-state index is 0.263. The van der Waals surface area contributed by atoms with E-state index in [9.17, 15) is 4.39 Å². The molecule has 0 aliphatic carbocycles. The van der Waals surface area contributed by atoms with E-state index < -0.39 is 0 Å². The van der Waals surface area contributed by atoms with Gasteiger partial charge < -0.3 is 5.32 Å². The third kappa shape index (κ3) is 3.44. The maximum absolute atomic E-state index is 13.0. The van der Waals surface area contributed by atoms with Gasteiger partial charge in [0.1, 0.15) is 5.82 Å². The van der Waals surface area contributed by atoms with Crippen LogP contribution in [0.1, 0.15) is 11.4 Å². The van der Waals surface area contributed by atoms with Crippen molar-refractivity contribution in [1.82, 2.24) is 19.8 Å². The maximum atomic E-state index is 13.0. The summed E-state index contributed by atoms with van der Waals surface area (Å²) in [6.45, 7) is 0. The summed E-state index contributed by atoms with van der Waals surface area (Å²) in [6, 6.07) is 17.4. The molecule has 1 N–H and O–H groups in total. The van der Waals surface area contributed by atoms with Gasteiger partial charge in [-0.25, -0.2) is 4.39 Å². The van der Waals surface area contributed by atoms with Crippen LogP contribution in [0.2, 0.25) is 5.02 Å². The van der Waals surface area contributed by atoms with Gasteiger partial charge in [0.25, 0.3) is 0 Å². The number of hydrogen-bond acceptors (Lipinski definition) is 4. The highest BCUT2D eigenvalue weighted by molar-refractivity contribution is 6.30. The van der Waals surface area contributed by atoms with E-state index in [4.69, 9.17) is 11.6 Å². The Morgan fingerprint density at radius 1 is 1.00 bits per heavy atom. The lowest BCUT2D eigenvalue weighted by molar-refractivity contribution is 0.627. The van der Waals surface area contributed by atoms with Crippen LogP contribution in [0.4, 0.5) is 15.9 Å². The molecule has 5 nitrogen and oxygen atoms in total. The van der Waals surface area contributed by atoms with Crippen LogP contribution in [0.15, 0.2) is 60.7 Å². The van der Waals surface area contributed by atoms with Gasteiger partial charge in [-0.05, 0) is 48.0 Å². The van der Waals surface area contributed by atoms with Crippen molar-refractivity contribution in [3.05, 3.63) is 82.9 Å². The molecule has 2 heterocycles. The Morgan fingerprint density at radius 2 is 1.84 bits per heavy atom. The summed E-state index contributed by atoms with van der Waals surface area (Å²) in [4.78, 5) is 0. The summed E-state index contributed by atoms with van der Waals surface area (Å²) >= 11 is 6.00. The van der Waals surface area contributed by atoms with E-state index >= 15 is 0 Å². The third-order valence-electron chi connectivity index (χ3n) is 3.70. The first-order valence-corrected chi connectivity index (χ1v) is 8.03. The highest BCUT2D eigenvalue weighted by Gasteiger charge is 2.09. The lowest BCUT2D eigenvalue weighted by Gasteiger charge is -2.07. The van der Waals surface area contributed by atoms with Crippen molar-refractivity contribution in [3.63, 3.8) is 0 Å². The SMILES string of the molecule is Fc1ccc(Cc2nnc3ccc(Nc4cccc(Cl)c4)nn23)cc1. The standard InChI is InChI=1S/C18H13ClFN5/c19-13-2-1-3-15(11-13)21-16-8-9-17-22-23-18(25(17)24-16)10-12-4-6-14(20)7-5-12/h1-9,11H,10H2,(H,21,24). The predicted octanol–water partition coefficient (Wildman–Crippen LogP) is 4.25. The molecule has 0 saturated carbocycles. The lowest BCUT2D eigenvalue weighted by atomic mass is 10.1. The molecule has 0 spiro atoms. The van der Waals surface area contributed by atoms with Crippen LogP contribution >= 0.6 is 11.6 Å². The molecular formula is C18H13ClFN5. The minimum atomic E-state index is -0.263. The number of rotatable bonds is 4. The largest absolute Gasteiger partial charge is 0.339 e. The molecule has 0 unspecified atom stereocenters. The van der Waals surface area contributed by atoms with Crippen molar-refractivity contribution >= 4 is 28.8 Å². The van der Waals surface area contributed by atoms with Crippen molar-refractivity contribution in [2.45, 2.75) is 6.42 Å². The van der Waals surface area contributed by atoms with Crippen molar-refractivity contribution in [1.29, 1.82) is 0 Å². The van der Waals surface area contributed by atoms with E-state index in [1.807, 2.05) is 36.4 Å². The van der Waals surface area contributed by atoms with Crippen molar-refractivity contribution < 1.29 is 4.39 Å². The van der Waals surface area contributed by atoms with Gasteiger partial charge >= 0.3 is 0 Å². The van der Waals surface area contributed by atoms with Gasteiger partial charge in [-0.2, -0.15) is 4.52 Å². The van der Waals surface area contributed by atoms with Crippen LogP contribution in [-0.2, 0) is 6.42 Å². The van der Waals surface area contributed by atoms with Gasteiger partial charge in [-0.3, -0.25) is 0 Å². The molecular weight excluding hydrogens is 341 g/mol. The predicted molar refractivity (Wildman–Crippen MR) is 94.7 cm³/mol. The smallest absolute Gasteiger partial charge is 0.178 e. The summed E-state index contributed by atoms with van der Waals surface area (Å²) < 4.78 is 14.7. The number of aromatic nitrogens is 4. The monoisotopic (exact) mass is 353 g/mol. The molecule has 4 rings (SSSR count). The topological polar surface area (TPSA) is 55.1 Å². The van der Waals surface area contributed by atoms with Crippen molar-refractivity contribution in [3.8, 4) is 0 Å². The van der Waals surface area contributed by atoms with E-state index in [0.29, 0.717) is 28.7 Å². The minimum Gasteiger partial charge on any atom is -0.339 e. The van der Waals surface area contributed by atoms with E-state index in [0.717, 1.165) is 11.3 Å². The van der Waals surface area contributed by atoms with Gasteiger partial charge in [0, 0.05) is 17.1 Å². The number of nitrogens with zero attached hydrogens (tertiary/aromatic N) is 4. The zero-order valence-corrected chi connectivity index (χ0v) is 13.8. The summed E-state index contributed by atoms with van der Waals surface area (Å²) in [6.07, 6.45) is 0.509. The average Bonchev–Trinajstić information content (AvgIpc) is 2.99. The number of anilines is 2. The van der Waals surface area contributed by atoms with Crippen molar-refractivity contribution in [2.24, 2.45) is 0 Å². The molecule has 0 atom stereocenters. The molecule has 2 aromatic heterocycles. The molecule has 0 aliphatic heterocycles. The van der Waals surface area contributed by atoms with E-state index in [1.54, 1.807) is 16.6 Å². The third-order valence-corrected chi connectivity index (χ3v) is 3.94. The highest BCUT2D eigenvalue weighted by Crippen LogP contribution is 2.19. The highest BCUT2D eigenvalue weighted by atomic mass is 35.5. The van der Waals surface area contributed by atoms with Gasteiger partial charge in [0.15, 0.2) is 17.3 Å². The summed E-state index contributed by atoms with van der Waals surface area (Å²) in [5, 5.41) is 16.7. The summed E-state index contributed by atoms with van der Waals surface area (Å²) in [5.41, 5.74) is 2.42. The van der Waals surface area contributed by atoms with Crippen LogP contribution in [0, 0.1) is 5.82 Å². The van der Waals surface area contributed by atoms with E-state index in [1.165, 1.54) is 12.1 Å². The number of nitrogens with one attached hydrogen (secondary N) is 1. The number of benzene rings is 2. The Hall–Kier alpha value is -2.99. The van der Waals surface area contributed by atoms with Gasteiger partial charge in [0.05, 0.1) is 0 Å². The fourth-order valence-electron chi connectivity index (χ4n) is 2.51. The Labute approximate surface area is 148 Å². The lowest BCUT2D eigenvalue weighted by Crippen LogP contribution is -2.03. The summed E-state index contributed by atoms with van der Waals surface area (Å²) in [7, 11) is 0. The molecule has 7 heteroatoms. The van der Waals surface area contributed by atoms with Gasteiger partial charge in [-0.15, -0.1) is 15.3 Å².